The van der Waals surface area contributed by atoms with Crippen molar-refractivity contribution in [2.24, 2.45) is 17.3 Å². The molecular formula is C17H26N4O. The van der Waals surface area contributed by atoms with Gasteiger partial charge >= 0.3 is 0 Å². The highest BCUT2D eigenvalue weighted by Crippen LogP contribution is 2.60. The van der Waals surface area contributed by atoms with Crippen LogP contribution >= 0.6 is 0 Å². The van der Waals surface area contributed by atoms with Gasteiger partial charge < -0.3 is 9.47 Å². The van der Waals surface area contributed by atoms with Gasteiger partial charge in [-0.05, 0) is 31.6 Å². The second-order valence-corrected chi connectivity index (χ2v) is 7.55. The molecule has 0 N–H and O–H groups in total. The molecule has 0 unspecified atom stereocenters. The lowest BCUT2D eigenvalue weighted by Gasteiger charge is -2.17. The summed E-state index contributed by atoms with van der Waals surface area (Å²) in [5.74, 6) is 2.65. The highest BCUT2D eigenvalue weighted by Gasteiger charge is 2.60. The molecule has 1 aromatic heterocycles. The number of fused-ring (bicyclic) bond motifs is 1. The van der Waals surface area contributed by atoms with Crippen molar-refractivity contribution in [3.05, 3.63) is 23.3 Å². The van der Waals surface area contributed by atoms with Crippen LogP contribution in [0.5, 0.6) is 0 Å². The number of hydrogen-bond acceptors (Lipinski definition) is 3. The average molecular weight is 302 g/mol. The average Bonchev–Trinajstić information content (AvgIpc) is 2.83. The zero-order valence-electron chi connectivity index (χ0n) is 14.3. The zero-order chi connectivity index (χ0) is 16.1. The van der Waals surface area contributed by atoms with Crippen LogP contribution in [0.4, 0.5) is 0 Å². The fourth-order valence-electron chi connectivity index (χ4n) is 3.67. The molecule has 0 aromatic carbocycles. The van der Waals surface area contributed by atoms with Gasteiger partial charge in [0, 0.05) is 20.0 Å². The Morgan fingerprint density at radius 3 is 2.82 bits per heavy atom. The van der Waals surface area contributed by atoms with Crippen LogP contribution in [0.25, 0.3) is 0 Å². The number of amides is 1. The van der Waals surface area contributed by atoms with E-state index in [1.54, 1.807) is 0 Å². The summed E-state index contributed by atoms with van der Waals surface area (Å²) < 4.78 is 2.16. The van der Waals surface area contributed by atoms with E-state index in [-0.39, 0.29) is 17.2 Å². The Balaban J connectivity index is 1.69. The molecule has 22 heavy (non-hydrogen) atoms. The van der Waals surface area contributed by atoms with Gasteiger partial charge in [-0.3, -0.25) is 4.79 Å². The van der Waals surface area contributed by atoms with E-state index in [2.05, 4.69) is 48.5 Å². The first-order valence-electron chi connectivity index (χ1n) is 8.13. The summed E-state index contributed by atoms with van der Waals surface area (Å²) in [7, 11) is 1.88. The van der Waals surface area contributed by atoms with E-state index in [1.807, 2.05) is 11.9 Å². The van der Waals surface area contributed by atoms with E-state index in [1.165, 1.54) is 5.57 Å². The summed E-state index contributed by atoms with van der Waals surface area (Å²) in [6.45, 7) is 10.1. The number of aromatic nitrogens is 3. The summed E-state index contributed by atoms with van der Waals surface area (Å²) in [5.41, 5.74) is 1.35. The Morgan fingerprint density at radius 1 is 1.41 bits per heavy atom. The summed E-state index contributed by atoms with van der Waals surface area (Å²) in [6.07, 6.45) is 4.38. The number of carbonyl (C=O) groups excluding carboxylic acids is 1. The van der Waals surface area contributed by atoms with Gasteiger partial charge in [0.2, 0.25) is 5.91 Å². The van der Waals surface area contributed by atoms with Gasteiger partial charge in [0.05, 0.1) is 12.5 Å². The first kappa shape index (κ1) is 15.3. The van der Waals surface area contributed by atoms with E-state index < -0.39 is 0 Å². The molecule has 1 aliphatic carbocycles. The Hall–Kier alpha value is -1.65. The fourth-order valence-corrected chi connectivity index (χ4v) is 3.67. The number of rotatable bonds is 4. The van der Waals surface area contributed by atoms with Gasteiger partial charge in [0.25, 0.3) is 0 Å². The highest BCUT2D eigenvalue weighted by atomic mass is 16.2. The highest BCUT2D eigenvalue weighted by molar-refractivity contribution is 5.83. The van der Waals surface area contributed by atoms with Gasteiger partial charge in [-0.2, -0.15) is 0 Å². The topological polar surface area (TPSA) is 51.0 Å². The van der Waals surface area contributed by atoms with Crippen LogP contribution in [0.15, 0.2) is 11.6 Å². The lowest BCUT2D eigenvalue weighted by Crippen LogP contribution is -2.30. The number of hydrogen-bond donors (Lipinski definition) is 0. The molecule has 120 valence electrons. The molecule has 0 radical (unpaired) electrons. The smallest absolute Gasteiger partial charge is 0.227 e. The molecule has 0 saturated heterocycles. The standard InChI is InChI=1S/C17H26N4O/c1-11(2)9-12-15(17(12,3)4)16(22)20(5)10-14-19-18-13-7-6-8-21(13)14/h9,12,15H,6-8,10H2,1-5H3/t12-,15-/m1/s1. The molecule has 5 nitrogen and oxygen atoms in total. The first-order chi connectivity index (χ1) is 10.3. The Labute approximate surface area is 132 Å². The Morgan fingerprint density at radius 2 is 2.14 bits per heavy atom. The molecule has 1 amide bonds. The van der Waals surface area contributed by atoms with Crippen molar-refractivity contribution in [2.45, 2.75) is 53.6 Å². The van der Waals surface area contributed by atoms with Crippen molar-refractivity contribution in [1.29, 1.82) is 0 Å². The van der Waals surface area contributed by atoms with Crippen molar-refractivity contribution >= 4 is 5.91 Å². The number of aryl methyl sites for hydroxylation is 1. The predicted octanol–water partition coefficient (Wildman–Crippen LogP) is 2.42. The SMILES string of the molecule is CC(C)=C[C@@H]1[C@H](C(=O)N(C)Cc2nnc3n2CCC3)C1(C)C. The number of carbonyl (C=O) groups is 1. The van der Waals surface area contributed by atoms with Crippen molar-refractivity contribution in [1.82, 2.24) is 19.7 Å². The van der Waals surface area contributed by atoms with E-state index in [0.717, 1.165) is 31.0 Å². The quantitative estimate of drug-likeness (QED) is 0.803. The van der Waals surface area contributed by atoms with Gasteiger partial charge in [-0.1, -0.05) is 25.5 Å². The summed E-state index contributed by atoms with van der Waals surface area (Å²) in [5, 5.41) is 8.47. The Kier molecular flexibility index (Phi) is 3.62. The molecule has 1 aromatic rings. The lowest BCUT2D eigenvalue weighted by atomic mass is 10.1. The maximum absolute atomic E-state index is 12.8. The van der Waals surface area contributed by atoms with Gasteiger partial charge in [-0.15, -0.1) is 10.2 Å². The summed E-state index contributed by atoms with van der Waals surface area (Å²) in [6, 6.07) is 0. The van der Waals surface area contributed by atoms with Crippen LogP contribution in [0.3, 0.4) is 0 Å². The third kappa shape index (κ3) is 2.46. The maximum atomic E-state index is 12.8. The van der Waals surface area contributed by atoms with Crippen LogP contribution < -0.4 is 0 Å². The second kappa shape index (κ2) is 5.21. The van der Waals surface area contributed by atoms with Gasteiger partial charge in [-0.25, -0.2) is 0 Å². The molecule has 1 saturated carbocycles. The minimum absolute atomic E-state index is 0.0649. The third-order valence-electron chi connectivity index (χ3n) is 5.13. The monoisotopic (exact) mass is 302 g/mol. The molecule has 2 heterocycles. The molecule has 0 spiro atoms. The van der Waals surface area contributed by atoms with E-state index in [0.29, 0.717) is 12.5 Å². The second-order valence-electron chi connectivity index (χ2n) is 7.55. The lowest BCUT2D eigenvalue weighted by molar-refractivity contribution is -0.132. The molecule has 2 atom stereocenters. The zero-order valence-corrected chi connectivity index (χ0v) is 14.3. The minimum Gasteiger partial charge on any atom is -0.338 e. The van der Waals surface area contributed by atoms with Crippen LogP contribution in [0.2, 0.25) is 0 Å². The summed E-state index contributed by atoms with van der Waals surface area (Å²) in [4.78, 5) is 14.6. The van der Waals surface area contributed by atoms with E-state index >= 15 is 0 Å². The van der Waals surface area contributed by atoms with Crippen LogP contribution in [-0.2, 0) is 24.3 Å². The van der Waals surface area contributed by atoms with Crippen molar-refractivity contribution in [2.75, 3.05) is 7.05 Å². The largest absolute Gasteiger partial charge is 0.338 e. The minimum atomic E-state index is 0.0649. The van der Waals surface area contributed by atoms with Crippen molar-refractivity contribution in [3.8, 4) is 0 Å². The third-order valence-corrected chi connectivity index (χ3v) is 5.13. The molecule has 3 rings (SSSR count). The fraction of sp³-hybridized carbons (Fsp3) is 0.706. The molecule has 1 fully saturated rings. The van der Waals surface area contributed by atoms with Gasteiger partial charge in [0.1, 0.15) is 5.82 Å². The van der Waals surface area contributed by atoms with Crippen molar-refractivity contribution in [3.63, 3.8) is 0 Å². The van der Waals surface area contributed by atoms with Crippen molar-refractivity contribution < 1.29 is 4.79 Å². The van der Waals surface area contributed by atoms with Crippen LogP contribution in [-0.4, -0.2) is 32.6 Å². The van der Waals surface area contributed by atoms with E-state index in [4.69, 9.17) is 0 Å². The van der Waals surface area contributed by atoms with E-state index in [9.17, 15) is 4.79 Å². The predicted molar refractivity (Wildman–Crippen MR) is 85.0 cm³/mol. The number of nitrogens with zero attached hydrogens (tertiary/aromatic N) is 4. The first-order valence-corrected chi connectivity index (χ1v) is 8.13. The number of allylic oxidation sites excluding steroid dienone is 2. The van der Waals surface area contributed by atoms with Crippen LogP contribution in [0.1, 0.15) is 45.8 Å². The molecule has 0 bridgehead atoms. The maximum Gasteiger partial charge on any atom is 0.227 e. The molecule has 2 aliphatic rings. The Bertz CT molecular complexity index is 625. The normalized spacial score (nSPS) is 24.8. The van der Waals surface area contributed by atoms with Gasteiger partial charge in [0.15, 0.2) is 5.82 Å². The molecule has 1 aliphatic heterocycles. The molecule has 5 heteroatoms. The summed E-state index contributed by atoms with van der Waals surface area (Å²) >= 11 is 0. The van der Waals surface area contributed by atoms with Crippen LogP contribution in [0, 0.1) is 17.3 Å². The molecular weight excluding hydrogens is 276 g/mol.